The Morgan fingerprint density at radius 3 is 3.00 bits per heavy atom. The Kier molecular flexibility index (Phi) is 6.48. The monoisotopic (exact) mass is 265 g/mol. The lowest BCUT2D eigenvalue weighted by molar-refractivity contribution is -0.121. The van der Waals surface area contributed by atoms with Crippen molar-refractivity contribution < 1.29 is 9.90 Å². The van der Waals surface area contributed by atoms with Gasteiger partial charge in [0.2, 0.25) is 5.91 Å². The summed E-state index contributed by atoms with van der Waals surface area (Å²) in [4.78, 5) is 12.6. The first-order valence-electron chi connectivity index (χ1n) is 6.05. The summed E-state index contributed by atoms with van der Waals surface area (Å²) in [5.74, 6) is 6.32. The molecule has 0 unspecified atom stereocenters. The maximum atomic E-state index is 11.5. The van der Waals surface area contributed by atoms with Crippen LogP contribution in [-0.2, 0) is 11.3 Å². The summed E-state index contributed by atoms with van der Waals surface area (Å²) in [5, 5.41) is 13.5. The first kappa shape index (κ1) is 14.7. The highest BCUT2D eigenvalue weighted by molar-refractivity contribution is 7.10. The minimum Gasteiger partial charge on any atom is -0.395 e. The molecule has 0 atom stereocenters. The average molecular weight is 265 g/mol. The normalized spacial score (nSPS) is 10.0. The molecule has 0 saturated heterocycles. The SMILES string of the molecule is CC(C)CC(=O)NCc1cc(C#CCCO)cs1. The van der Waals surface area contributed by atoms with Crippen LogP contribution in [0.25, 0.3) is 0 Å². The van der Waals surface area contributed by atoms with E-state index < -0.39 is 0 Å². The van der Waals surface area contributed by atoms with Crippen LogP contribution >= 0.6 is 11.3 Å². The van der Waals surface area contributed by atoms with Gasteiger partial charge in [-0.25, -0.2) is 0 Å². The van der Waals surface area contributed by atoms with Gasteiger partial charge in [0.25, 0.3) is 0 Å². The number of carbonyl (C=O) groups excluding carboxylic acids is 1. The number of hydrogen-bond acceptors (Lipinski definition) is 3. The van der Waals surface area contributed by atoms with Gasteiger partial charge in [0.1, 0.15) is 0 Å². The highest BCUT2D eigenvalue weighted by Crippen LogP contribution is 2.13. The van der Waals surface area contributed by atoms with Gasteiger partial charge in [0.05, 0.1) is 13.2 Å². The predicted octanol–water partition coefficient (Wildman–Crippen LogP) is 2.14. The molecule has 0 aromatic carbocycles. The van der Waals surface area contributed by atoms with E-state index >= 15 is 0 Å². The lowest BCUT2D eigenvalue weighted by atomic mass is 10.1. The van der Waals surface area contributed by atoms with Gasteiger partial charge in [0.15, 0.2) is 0 Å². The largest absolute Gasteiger partial charge is 0.395 e. The quantitative estimate of drug-likeness (QED) is 0.801. The van der Waals surface area contributed by atoms with Gasteiger partial charge in [-0.2, -0.15) is 0 Å². The molecule has 18 heavy (non-hydrogen) atoms. The van der Waals surface area contributed by atoms with E-state index in [1.54, 1.807) is 11.3 Å². The van der Waals surface area contributed by atoms with Crippen molar-refractivity contribution >= 4 is 17.2 Å². The van der Waals surface area contributed by atoms with Gasteiger partial charge >= 0.3 is 0 Å². The van der Waals surface area contributed by atoms with Crippen molar-refractivity contribution in [1.82, 2.24) is 5.32 Å². The number of aliphatic hydroxyl groups is 1. The molecule has 1 rings (SSSR count). The molecule has 1 heterocycles. The van der Waals surface area contributed by atoms with E-state index in [0.29, 0.717) is 25.3 Å². The summed E-state index contributed by atoms with van der Waals surface area (Å²) >= 11 is 1.59. The standard InChI is InChI=1S/C14H19NO2S/c1-11(2)7-14(17)15-9-13-8-12(10-18-13)5-3-4-6-16/h8,10-11,16H,4,6-7,9H2,1-2H3,(H,15,17). The van der Waals surface area contributed by atoms with Crippen molar-refractivity contribution in [2.45, 2.75) is 33.2 Å². The summed E-state index contributed by atoms with van der Waals surface area (Å²) in [7, 11) is 0. The molecule has 0 aliphatic heterocycles. The van der Waals surface area contributed by atoms with Crippen LogP contribution in [0.1, 0.15) is 37.1 Å². The van der Waals surface area contributed by atoms with Gasteiger partial charge < -0.3 is 10.4 Å². The van der Waals surface area contributed by atoms with Crippen molar-refractivity contribution in [2.24, 2.45) is 5.92 Å². The van der Waals surface area contributed by atoms with Crippen LogP contribution in [-0.4, -0.2) is 17.6 Å². The Balaban J connectivity index is 2.40. The first-order valence-corrected chi connectivity index (χ1v) is 6.93. The highest BCUT2D eigenvalue weighted by atomic mass is 32.1. The molecule has 0 aliphatic carbocycles. The molecule has 3 nitrogen and oxygen atoms in total. The van der Waals surface area contributed by atoms with Crippen LogP contribution in [0.4, 0.5) is 0 Å². The summed E-state index contributed by atoms with van der Waals surface area (Å²) < 4.78 is 0. The molecular weight excluding hydrogens is 246 g/mol. The molecule has 4 heteroatoms. The molecule has 0 spiro atoms. The van der Waals surface area contributed by atoms with Crippen LogP contribution in [0, 0.1) is 17.8 Å². The zero-order valence-electron chi connectivity index (χ0n) is 10.8. The van der Waals surface area contributed by atoms with Crippen molar-refractivity contribution in [1.29, 1.82) is 0 Å². The average Bonchev–Trinajstić information content (AvgIpc) is 2.74. The molecule has 0 radical (unpaired) electrons. The second-order valence-electron chi connectivity index (χ2n) is 4.45. The van der Waals surface area contributed by atoms with E-state index in [9.17, 15) is 4.79 Å². The molecule has 0 fully saturated rings. The van der Waals surface area contributed by atoms with E-state index in [1.807, 2.05) is 25.3 Å². The highest BCUT2D eigenvalue weighted by Gasteiger charge is 2.05. The molecule has 0 saturated carbocycles. The second kappa shape index (κ2) is 7.91. The van der Waals surface area contributed by atoms with Crippen LogP contribution in [0.5, 0.6) is 0 Å². The van der Waals surface area contributed by atoms with Crippen LogP contribution in [0.15, 0.2) is 11.4 Å². The summed E-state index contributed by atoms with van der Waals surface area (Å²) in [6.45, 7) is 4.71. The van der Waals surface area contributed by atoms with Crippen molar-refractivity contribution in [3.05, 3.63) is 21.9 Å². The zero-order chi connectivity index (χ0) is 13.4. The van der Waals surface area contributed by atoms with Crippen molar-refractivity contribution in [3.8, 4) is 11.8 Å². The topological polar surface area (TPSA) is 49.3 Å². The first-order chi connectivity index (χ1) is 8.61. The molecule has 98 valence electrons. The fourth-order valence-corrected chi connectivity index (χ4v) is 2.14. The Labute approximate surface area is 112 Å². The van der Waals surface area contributed by atoms with E-state index in [0.717, 1.165) is 10.4 Å². The lowest BCUT2D eigenvalue weighted by Crippen LogP contribution is -2.23. The number of thiophene rings is 1. The third kappa shape index (κ3) is 5.85. The molecular formula is C14H19NO2S. The molecule has 2 N–H and O–H groups in total. The Bertz CT molecular complexity index is 440. The predicted molar refractivity (Wildman–Crippen MR) is 74.2 cm³/mol. The maximum Gasteiger partial charge on any atom is 0.220 e. The fraction of sp³-hybridized carbons (Fsp3) is 0.500. The minimum atomic E-state index is 0.0892. The van der Waals surface area contributed by atoms with Crippen molar-refractivity contribution in [2.75, 3.05) is 6.61 Å². The van der Waals surface area contributed by atoms with E-state index in [2.05, 4.69) is 17.2 Å². The second-order valence-corrected chi connectivity index (χ2v) is 5.45. The van der Waals surface area contributed by atoms with Crippen LogP contribution < -0.4 is 5.32 Å². The molecule has 0 aliphatic rings. The number of rotatable bonds is 5. The molecule has 0 bridgehead atoms. The summed E-state index contributed by atoms with van der Waals surface area (Å²) in [6, 6.07) is 1.98. The van der Waals surface area contributed by atoms with Gasteiger partial charge in [-0.3, -0.25) is 4.79 Å². The van der Waals surface area contributed by atoms with Crippen molar-refractivity contribution in [3.63, 3.8) is 0 Å². The Morgan fingerprint density at radius 2 is 2.33 bits per heavy atom. The maximum absolute atomic E-state index is 11.5. The summed E-state index contributed by atoms with van der Waals surface area (Å²) in [5.41, 5.74) is 0.946. The van der Waals surface area contributed by atoms with Crippen LogP contribution in [0.2, 0.25) is 0 Å². The number of hydrogen-bond donors (Lipinski definition) is 2. The van der Waals surface area contributed by atoms with Gasteiger partial charge in [0, 0.05) is 28.7 Å². The third-order valence-electron chi connectivity index (χ3n) is 2.18. The number of nitrogens with one attached hydrogen (secondary N) is 1. The lowest BCUT2D eigenvalue weighted by Gasteiger charge is -2.05. The molecule has 1 amide bonds. The third-order valence-corrected chi connectivity index (χ3v) is 3.11. The Hall–Kier alpha value is -1.31. The van der Waals surface area contributed by atoms with E-state index in [4.69, 9.17) is 5.11 Å². The molecule has 1 aromatic heterocycles. The fourth-order valence-electron chi connectivity index (χ4n) is 1.39. The number of aliphatic hydroxyl groups excluding tert-OH is 1. The Morgan fingerprint density at radius 1 is 1.56 bits per heavy atom. The van der Waals surface area contributed by atoms with E-state index in [-0.39, 0.29) is 12.5 Å². The van der Waals surface area contributed by atoms with Gasteiger partial charge in [-0.05, 0) is 12.0 Å². The smallest absolute Gasteiger partial charge is 0.220 e. The minimum absolute atomic E-state index is 0.0892. The van der Waals surface area contributed by atoms with Gasteiger partial charge in [-0.15, -0.1) is 11.3 Å². The number of amides is 1. The zero-order valence-corrected chi connectivity index (χ0v) is 11.6. The molecule has 1 aromatic rings. The van der Waals surface area contributed by atoms with Gasteiger partial charge in [-0.1, -0.05) is 25.7 Å². The number of carbonyl (C=O) groups is 1. The van der Waals surface area contributed by atoms with E-state index in [1.165, 1.54) is 0 Å². The summed E-state index contributed by atoms with van der Waals surface area (Å²) in [6.07, 6.45) is 1.06. The van der Waals surface area contributed by atoms with Crippen LogP contribution in [0.3, 0.4) is 0 Å².